The fourth-order valence-corrected chi connectivity index (χ4v) is 5.25. The van der Waals surface area contributed by atoms with Crippen LogP contribution in [0.1, 0.15) is 32.8 Å². The summed E-state index contributed by atoms with van der Waals surface area (Å²) in [5.41, 5.74) is 0.997. The van der Waals surface area contributed by atoms with Gasteiger partial charge in [0.1, 0.15) is 24.2 Å². The van der Waals surface area contributed by atoms with Gasteiger partial charge in [0.05, 0.1) is 17.7 Å². The number of rotatable bonds is 12. The summed E-state index contributed by atoms with van der Waals surface area (Å²) >= 11 is 0. The van der Waals surface area contributed by atoms with Crippen molar-refractivity contribution in [3.8, 4) is 5.75 Å². The SMILES string of the molecule is CCC(C)NC(=O)C(C)N(Cc1ccc(OC)cc1)C(=O)CN(c1ccccc1)S(=O)(=O)c1ccc(F)cc1. The molecule has 3 aromatic rings. The Bertz CT molecular complexity index is 1350. The lowest BCUT2D eigenvalue weighted by Crippen LogP contribution is -2.52. The highest BCUT2D eigenvalue weighted by molar-refractivity contribution is 7.92. The predicted molar refractivity (Wildman–Crippen MR) is 148 cm³/mol. The zero-order valence-corrected chi connectivity index (χ0v) is 23.3. The molecule has 0 bridgehead atoms. The lowest BCUT2D eigenvalue weighted by Gasteiger charge is -2.32. The summed E-state index contributed by atoms with van der Waals surface area (Å²) in [6, 6.07) is 18.7. The fourth-order valence-electron chi connectivity index (χ4n) is 3.83. The van der Waals surface area contributed by atoms with Crippen molar-refractivity contribution < 1.29 is 27.1 Å². The molecule has 208 valence electrons. The number of hydrogen-bond acceptors (Lipinski definition) is 5. The molecule has 2 amide bonds. The minimum atomic E-state index is -4.25. The van der Waals surface area contributed by atoms with E-state index in [9.17, 15) is 22.4 Å². The van der Waals surface area contributed by atoms with Gasteiger partial charge < -0.3 is 15.0 Å². The van der Waals surface area contributed by atoms with Gasteiger partial charge in [-0.2, -0.15) is 0 Å². The van der Waals surface area contributed by atoms with Crippen LogP contribution in [0.3, 0.4) is 0 Å². The maximum Gasteiger partial charge on any atom is 0.264 e. The number of methoxy groups -OCH3 is 1. The number of hydrogen-bond donors (Lipinski definition) is 1. The van der Waals surface area contributed by atoms with Crippen molar-refractivity contribution >= 4 is 27.5 Å². The molecule has 2 unspecified atom stereocenters. The number of benzene rings is 3. The van der Waals surface area contributed by atoms with E-state index in [0.29, 0.717) is 12.2 Å². The highest BCUT2D eigenvalue weighted by Gasteiger charge is 2.32. The van der Waals surface area contributed by atoms with Gasteiger partial charge in [-0.3, -0.25) is 13.9 Å². The minimum Gasteiger partial charge on any atom is -0.497 e. The van der Waals surface area contributed by atoms with Crippen LogP contribution in [0.15, 0.2) is 83.8 Å². The number of nitrogens with one attached hydrogen (secondary N) is 1. The first-order valence-electron chi connectivity index (χ1n) is 12.6. The van der Waals surface area contributed by atoms with Gasteiger partial charge in [-0.1, -0.05) is 37.3 Å². The Hall–Kier alpha value is -3.92. The molecule has 0 saturated carbocycles. The molecule has 0 aliphatic heterocycles. The molecule has 0 spiro atoms. The number of halogens is 1. The molecule has 1 N–H and O–H groups in total. The maximum atomic E-state index is 13.8. The molecule has 0 aromatic heterocycles. The van der Waals surface area contributed by atoms with Crippen LogP contribution in [0.25, 0.3) is 0 Å². The molecule has 0 fully saturated rings. The molecule has 3 aromatic carbocycles. The highest BCUT2D eigenvalue weighted by Crippen LogP contribution is 2.25. The summed E-state index contributed by atoms with van der Waals surface area (Å²) in [6.45, 7) is 4.92. The summed E-state index contributed by atoms with van der Waals surface area (Å²) in [5, 5.41) is 2.89. The monoisotopic (exact) mass is 555 g/mol. The summed E-state index contributed by atoms with van der Waals surface area (Å²) in [4.78, 5) is 28.1. The Kier molecular flexibility index (Phi) is 10.1. The fraction of sp³-hybridized carbons (Fsp3) is 0.310. The highest BCUT2D eigenvalue weighted by atomic mass is 32.2. The van der Waals surface area contributed by atoms with E-state index in [1.54, 1.807) is 68.6 Å². The van der Waals surface area contributed by atoms with Gasteiger partial charge >= 0.3 is 0 Å². The number of amides is 2. The first kappa shape index (κ1) is 29.6. The van der Waals surface area contributed by atoms with Crippen LogP contribution in [0.5, 0.6) is 5.75 Å². The molecule has 0 aliphatic carbocycles. The molecule has 2 atom stereocenters. The third-order valence-electron chi connectivity index (χ3n) is 6.40. The first-order valence-corrected chi connectivity index (χ1v) is 14.1. The zero-order valence-electron chi connectivity index (χ0n) is 22.5. The van der Waals surface area contributed by atoms with E-state index in [1.807, 2.05) is 13.8 Å². The number of anilines is 1. The quantitative estimate of drug-likeness (QED) is 0.358. The molecule has 0 aliphatic rings. The third-order valence-corrected chi connectivity index (χ3v) is 8.19. The predicted octanol–water partition coefficient (Wildman–Crippen LogP) is 4.36. The van der Waals surface area contributed by atoms with Crippen LogP contribution in [0.4, 0.5) is 10.1 Å². The van der Waals surface area contributed by atoms with Gasteiger partial charge in [-0.15, -0.1) is 0 Å². The Labute approximate surface area is 229 Å². The Balaban J connectivity index is 1.99. The van der Waals surface area contributed by atoms with Crippen molar-refractivity contribution in [2.75, 3.05) is 18.0 Å². The molecule has 39 heavy (non-hydrogen) atoms. The molecular formula is C29H34FN3O5S. The van der Waals surface area contributed by atoms with E-state index in [4.69, 9.17) is 4.74 Å². The van der Waals surface area contributed by atoms with Crippen molar-refractivity contribution in [2.45, 2.75) is 50.7 Å². The normalized spacial score (nSPS) is 12.7. The summed E-state index contributed by atoms with van der Waals surface area (Å²) in [5.74, 6) is -0.867. The maximum absolute atomic E-state index is 13.8. The molecule has 8 nitrogen and oxygen atoms in total. The second-order valence-corrected chi connectivity index (χ2v) is 11.0. The Morgan fingerprint density at radius 1 is 0.949 bits per heavy atom. The van der Waals surface area contributed by atoms with Gasteiger partial charge in [0.15, 0.2) is 0 Å². The molecular weight excluding hydrogens is 521 g/mol. The van der Waals surface area contributed by atoms with E-state index < -0.39 is 34.3 Å². The van der Waals surface area contributed by atoms with Crippen LogP contribution in [0.2, 0.25) is 0 Å². The van der Waals surface area contributed by atoms with E-state index >= 15 is 0 Å². The first-order chi connectivity index (χ1) is 18.6. The average Bonchev–Trinajstić information content (AvgIpc) is 2.94. The minimum absolute atomic E-state index is 0.0666. The van der Waals surface area contributed by atoms with E-state index in [-0.39, 0.29) is 29.1 Å². The largest absolute Gasteiger partial charge is 0.497 e. The van der Waals surface area contributed by atoms with E-state index in [0.717, 1.165) is 34.1 Å². The van der Waals surface area contributed by atoms with Crippen LogP contribution >= 0.6 is 0 Å². The lowest BCUT2D eigenvalue weighted by atomic mass is 10.1. The van der Waals surface area contributed by atoms with E-state index in [2.05, 4.69) is 5.32 Å². The number of sulfonamides is 1. The van der Waals surface area contributed by atoms with Gasteiger partial charge in [-0.05, 0) is 74.4 Å². The zero-order chi connectivity index (χ0) is 28.6. The van der Waals surface area contributed by atoms with Crippen molar-refractivity contribution in [2.24, 2.45) is 0 Å². The van der Waals surface area contributed by atoms with Gasteiger partial charge in [0, 0.05) is 12.6 Å². The second-order valence-electron chi connectivity index (χ2n) is 9.16. The van der Waals surface area contributed by atoms with Gasteiger partial charge in [0.25, 0.3) is 10.0 Å². The average molecular weight is 556 g/mol. The smallest absolute Gasteiger partial charge is 0.264 e. The molecule has 3 rings (SSSR count). The number of para-hydroxylation sites is 1. The standard InChI is InChI=1S/C29H34FN3O5S/c1-5-21(2)31-29(35)22(3)32(19-23-11-15-26(38-4)16-12-23)28(34)20-33(25-9-7-6-8-10-25)39(36,37)27-17-13-24(30)14-18-27/h6-18,21-22H,5,19-20H2,1-4H3,(H,31,35). The molecule has 0 radical (unpaired) electrons. The van der Waals surface area contributed by atoms with Crippen LogP contribution < -0.4 is 14.4 Å². The lowest BCUT2D eigenvalue weighted by molar-refractivity contribution is -0.139. The summed E-state index contributed by atoms with van der Waals surface area (Å²) < 4.78 is 47.0. The van der Waals surface area contributed by atoms with Crippen molar-refractivity contribution in [1.29, 1.82) is 0 Å². The number of carbonyl (C=O) groups is 2. The topological polar surface area (TPSA) is 96.0 Å². The number of carbonyl (C=O) groups excluding carboxylic acids is 2. The van der Waals surface area contributed by atoms with E-state index in [1.165, 1.54) is 4.90 Å². The number of nitrogens with zero attached hydrogens (tertiary/aromatic N) is 2. The summed E-state index contributed by atoms with van der Waals surface area (Å²) in [6.07, 6.45) is 0.711. The van der Waals surface area contributed by atoms with Gasteiger partial charge in [-0.25, -0.2) is 12.8 Å². The Morgan fingerprint density at radius 2 is 1.56 bits per heavy atom. The molecule has 0 heterocycles. The third kappa shape index (κ3) is 7.57. The molecule has 10 heteroatoms. The van der Waals surface area contributed by atoms with Crippen LogP contribution in [0, 0.1) is 5.82 Å². The van der Waals surface area contributed by atoms with Crippen LogP contribution in [-0.2, 0) is 26.2 Å². The van der Waals surface area contributed by atoms with Crippen LogP contribution in [-0.4, -0.2) is 50.9 Å². The number of ether oxygens (including phenoxy) is 1. The summed E-state index contributed by atoms with van der Waals surface area (Å²) in [7, 11) is -2.70. The van der Waals surface area contributed by atoms with Crippen molar-refractivity contribution in [3.05, 3.63) is 90.2 Å². The molecule has 0 saturated heterocycles. The second kappa shape index (κ2) is 13.2. The Morgan fingerprint density at radius 3 is 2.13 bits per heavy atom. The van der Waals surface area contributed by atoms with Gasteiger partial charge in [0.2, 0.25) is 11.8 Å². The van der Waals surface area contributed by atoms with Crippen molar-refractivity contribution in [3.63, 3.8) is 0 Å². The van der Waals surface area contributed by atoms with Crippen molar-refractivity contribution in [1.82, 2.24) is 10.2 Å².